The van der Waals surface area contributed by atoms with Crippen molar-refractivity contribution in [3.8, 4) is 11.5 Å². The molecule has 1 atom stereocenters. The van der Waals surface area contributed by atoms with Gasteiger partial charge in [-0.05, 0) is 111 Å². The second kappa shape index (κ2) is 20.2. The lowest BCUT2D eigenvalue weighted by Crippen LogP contribution is -2.47. The van der Waals surface area contributed by atoms with Gasteiger partial charge in [-0.15, -0.1) is 0 Å². The molecule has 4 N–H and O–H groups in total. The molecule has 0 saturated carbocycles. The summed E-state index contributed by atoms with van der Waals surface area (Å²) >= 11 is 6.27. The quantitative estimate of drug-likeness (QED) is 0.0792. The number of nitrogens with zero attached hydrogens (tertiary/aromatic N) is 5. The van der Waals surface area contributed by atoms with E-state index < -0.39 is 25.7 Å². The lowest BCUT2D eigenvalue weighted by atomic mass is 9.72. The number of nitrogens with one attached hydrogen (secondary N) is 4. The number of hydrogen-bond acceptors (Lipinski definition) is 12. The van der Waals surface area contributed by atoms with E-state index in [1.54, 1.807) is 37.6 Å². The number of aromatic amines is 1. The average Bonchev–Trinajstić information content (AvgIpc) is 3.77. The lowest BCUT2D eigenvalue weighted by molar-refractivity contribution is 0.0979. The molecule has 0 spiro atoms. The number of piperazine rings is 1. The number of benzene rings is 3. The third kappa shape index (κ3) is 11.9. The van der Waals surface area contributed by atoms with Gasteiger partial charge in [0.1, 0.15) is 17.1 Å². The Balaban J connectivity index is 0.989. The number of pyridine rings is 1. The largest absolute Gasteiger partial charge is 0.455 e. The molecule has 3 aromatic carbocycles. The molecule has 2 aliphatic heterocycles. The Kier molecular flexibility index (Phi) is 14.6. The number of hydrogen-bond donors (Lipinski definition) is 4. The summed E-state index contributed by atoms with van der Waals surface area (Å²) in [4.78, 5) is 28.7. The van der Waals surface area contributed by atoms with Gasteiger partial charge in [0.25, 0.3) is 15.9 Å². The van der Waals surface area contributed by atoms with Crippen LogP contribution in [0.25, 0.3) is 16.6 Å². The lowest BCUT2D eigenvalue weighted by Gasteiger charge is -2.39. The maximum Gasteiger partial charge on any atom is 0.268 e. The van der Waals surface area contributed by atoms with Gasteiger partial charge in [-0.1, -0.05) is 43.2 Å². The van der Waals surface area contributed by atoms with Gasteiger partial charge in [0.15, 0.2) is 0 Å². The number of carbonyl (C=O) groups is 1. The van der Waals surface area contributed by atoms with Crippen molar-refractivity contribution in [3.05, 3.63) is 107 Å². The fourth-order valence-corrected chi connectivity index (χ4v) is 12.1. The summed E-state index contributed by atoms with van der Waals surface area (Å²) in [6.45, 7) is 17.0. The minimum Gasteiger partial charge on any atom is -0.455 e. The van der Waals surface area contributed by atoms with Gasteiger partial charge < -0.3 is 25.3 Å². The molecule has 0 unspecified atom stereocenters. The number of halogens is 1. The standard InChI is InChI=1S/C50H64ClN9O5S2/c1-34(2)55-46-29-42(12-14-45(46)56-35(3)32-59-23-25-66(62,52-6)26-24-59)67(63,64)57-49(61)43-13-11-40(28-47(43)65-41-27-37-16-18-53-48(37)54-31-41)60-21-19-58(20-22-60)33-38-15-17-50(4,5)30-44(38)36-7-9-39(51)10-8-36/h7-14,16,18,27-29,31,34-35,55-56H,15,17,19-26,30,32-33H2,1-6H3,(H,53,54)(H,57,61)/t35-/m0/s1. The van der Waals surface area contributed by atoms with Crippen molar-refractivity contribution in [3.63, 3.8) is 0 Å². The first-order chi connectivity index (χ1) is 31.9. The van der Waals surface area contributed by atoms with Crippen molar-refractivity contribution in [1.82, 2.24) is 24.5 Å². The number of anilines is 3. The van der Waals surface area contributed by atoms with E-state index in [0.29, 0.717) is 48.2 Å². The van der Waals surface area contributed by atoms with Crippen LogP contribution in [-0.2, 0) is 19.8 Å². The van der Waals surface area contributed by atoms with Crippen LogP contribution in [0.1, 0.15) is 69.8 Å². The summed E-state index contributed by atoms with van der Waals surface area (Å²) in [5.74, 6) is 0.900. The van der Waals surface area contributed by atoms with Crippen LogP contribution in [0.2, 0.25) is 5.02 Å². The van der Waals surface area contributed by atoms with Crippen molar-refractivity contribution in [2.24, 2.45) is 9.78 Å². The van der Waals surface area contributed by atoms with Crippen LogP contribution in [0.5, 0.6) is 11.5 Å². The number of sulfonamides is 1. The molecule has 5 aromatic rings. The molecule has 1 aliphatic carbocycles. The van der Waals surface area contributed by atoms with Gasteiger partial charge >= 0.3 is 0 Å². The zero-order valence-electron chi connectivity index (χ0n) is 39.4. The van der Waals surface area contributed by atoms with Crippen molar-refractivity contribution in [1.29, 1.82) is 0 Å². The molecule has 358 valence electrons. The normalized spacial score (nSPS) is 18.5. The number of H-pyrrole nitrogens is 1. The van der Waals surface area contributed by atoms with Crippen molar-refractivity contribution < 1.29 is 22.2 Å². The van der Waals surface area contributed by atoms with E-state index >= 15 is 0 Å². The zero-order chi connectivity index (χ0) is 47.5. The highest BCUT2D eigenvalue weighted by atomic mass is 35.5. The van der Waals surface area contributed by atoms with E-state index in [2.05, 4.69) is 77.3 Å². The molecule has 14 nitrogen and oxygen atoms in total. The first-order valence-corrected chi connectivity index (χ1v) is 26.9. The van der Waals surface area contributed by atoms with E-state index in [9.17, 15) is 17.4 Å². The minimum atomic E-state index is -4.35. The summed E-state index contributed by atoms with van der Waals surface area (Å²) in [5, 5.41) is 8.48. The van der Waals surface area contributed by atoms with Crippen LogP contribution in [0.4, 0.5) is 17.1 Å². The highest BCUT2D eigenvalue weighted by Gasteiger charge is 2.30. The molecule has 0 radical (unpaired) electrons. The van der Waals surface area contributed by atoms with E-state index in [1.807, 2.05) is 50.2 Å². The number of rotatable bonds is 15. The maximum absolute atomic E-state index is 14.2. The predicted octanol–water partition coefficient (Wildman–Crippen LogP) is 8.95. The smallest absolute Gasteiger partial charge is 0.268 e. The Morgan fingerprint density at radius 2 is 1.67 bits per heavy atom. The third-order valence-electron chi connectivity index (χ3n) is 13.0. The topological polar surface area (TPSA) is 164 Å². The maximum atomic E-state index is 14.2. The number of aromatic nitrogens is 2. The number of fused-ring (bicyclic) bond motifs is 1. The van der Waals surface area contributed by atoms with Gasteiger partial charge in [-0.3, -0.25) is 14.6 Å². The van der Waals surface area contributed by atoms with Crippen molar-refractivity contribution >= 4 is 70.9 Å². The third-order valence-corrected chi connectivity index (χ3v) is 16.9. The highest BCUT2D eigenvalue weighted by molar-refractivity contribution is 7.93. The summed E-state index contributed by atoms with van der Waals surface area (Å²) in [5.41, 5.74) is 7.35. The van der Waals surface area contributed by atoms with Gasteiger partial charge in [-0.25, -0.2) is 26.7 Å². The molecule has 8 rings (SSSR count). The Bertz CT molecular complexity index is 2850. The highest BCUT2D eigenvalue weighted by Crippen LogP contribution is 2.43. The van der Waals surface area contributed by atoms with E-state index in [1.165, 1.54) is 22.8 Å². The second-order valence-corrected chi connectivity index (χ2v) is 24.1. The van der Waals surface area contributed by atoms with Gasteiger partial charge in [-0.2, -0.15) is 0 Å². The number of ether oxygens (including phenoxy) is 1. The molecule has 2 aromatic heterocycles. The summed E-state index contributed by atoms with van der Waals surface area (Å²) in [6.07, 6.45) is 6.62. The van der Waals surface area contributed by atoms with Crippen molar-refractivity contribution in [2.75, 3.05) is 86.4 Å². The molecule has 17 heteroatoms. The molecule has 2 fully saturated rings. The Morgan fingerprint density at radius 3 is 2.39 bits per heavy atom. The summed E-state index contributed by atoms with van der Waals surface area (Å²) in [7, 11) is -4.83. The molecular weight excluding hydrogens is 906 g/mol. The Hall–Kier alpha value is -5.13. The molecule has 4 heterocycles. The molecule has 2 saturated heterocycles. The first kappa shape index (κ1) is 48.3. The van der Waals surface area contributed by atoms with E-state index in [0.717, 1.165) is 73.8 Å². The van der Waals surface area contributed by atoms with Crippen LogP contribution >= 0.6 is 11.6 Å². The number of allylic oxidation sites excluding steroid dienone is 1. The SMILES string of the molecule is CN=S1(=O)CCN(C[C@H](C)Nc2ccc(S(=O)(=O)NC(=O)c3ccc(N4CCN(CC5=C(c6ccc(Cl)cc6)CC(C)(C)CC5)CC4)cc3Oc3cnc4[nH]ccc4c3)cc2NC(C)C)CC1. The van der Waals surface area contributed by atoms with Gasteiger partial charge in [0.05, 0.1) is 28.0 Å². The fraction of sp³-hybridized carbons (Fsp3) is 0.440. The van der Waals surface area contributed by atoms with Crippen LogP contribution < -0.4 is 25.0 Å². The van der Waals surface area contributed by atoms with Crippen LogP contribution in [0.15, 0.2) is 100 Å². The van der Waals surface area contributed by atoms with Crippen LogP contribution in [0, 0.1) is 5.41 Å². The summed E-state index contributed by atoms with van der Waals surface area (Å²) in [6, 6.07) is 22.0. The van der Waals surface area contributed by atoms with E-state index in [-0.39, 0.29) is 33.7 Å². The first-order valence-electron chi connectivity index (χ1n) is 23.2. The number of carbonyl (C=O) groups excluding carboxylic acids is 1. The fourth-order valence-electron chi connectivity index (χ4n) is 9.28. The van der Waals surface area contributed by atoms with Crippen LogP contribution in [-0.4, -0.2) is 121 Å². The van der Waals surface area contributed by atoms with Gasteiger partial charge in [0, 0.05) is 121 Å². The number of amides is 1. The Labute approximate surface area is 401 Å². The second-order valence-electron chi connectivity index (χ2n) is 19.2. The molecule has 0 bridgehead atoms. The minimum absolute atomic E-state index is 0.00186. The summed E-state index contributed by atoms with van der Waals surface area (Å²) < 4.78 is 53.7. The Morgan fingerprint density at radius 1 is 0.925 bits per heavy atom. The predicted molar refractivity (Wildman–Crippen MR) is 273 cm³/mol. The average molecular weight is 971 g/mol. The zero-order valence-corrected chi connectivity index (χ0v) is 41.8. The molecular formula is C50H64ClN9O5S2. The molecule has 1 amide bonds. The van der Waals surface area contributed by atoms with Gasteiger partial charge in [0.2, 0.25) is 0 Å². The monoisotopic (exact) mass is 969 g/mol. The van der Waals surface area contributed by atoms with Crippen molar-refractivity contribution in [2.45, 2.75) is 70.9 Å². The molecule has 67 heavy (non-hydrogen) atoms. The van der Waals surface area contributed by atoms with Crippen LogP contribution in [0.3, 0.4) is 0 Å². The molecule has 3 aliphatic rings. The van der Waals surface area contributed by atoms with E-state index in [4.69, 9.17) is 16.3 Å².